The Morgan fingerprint density at radius 1 is 1.32 bits per heavy atom. The van der Waals surface area contributed by atoms with Gasteiger partial charge in [-0.25, -0.2) is 9.37 Å². The van der Waals surface area contributed by atoms with E-state index in [1.807, 2.05) is 0 Å². The van der Waals surface area contributed by atoms with E-state index in [-0.39, 0.29) is 36.9 Å². The maximum absolute atomic E-state index is 14.0. The third kappa shape index (κ3) is 6.78. The molecule has 2 aromatic rings. The Hall–Kier alpha value is -2.43. The summed E-state index contributed by atoms with van der Waals surface area (Å²) in [6, 6.07) is 4.31. The van der Waals surface area contributed by atoms with Gasteiger partial charge in [0.05, 0.1) is 24.2 Å². The Bertz CT molecular complexity index is 942. The van der Waals surface area contributed by atoms with Crippen LogP contribution in [0.1, 0.15) is 19.3 Å². The molecule has 0 spiro atoms. The smallest absolute Gasteiger partial charge is 0.368 e. The van der Waals surface area contributed by atoms with Crippen LogP contribution in [0, 0.1) is 5.82 Å². The van der Waals surface area contributed by atoms with E-state index in [1.165, 1.54) is 18.5 Å². The lowest BCUT2D eigenvalue weighted by atomic mass is 9.92. The van der Waals surface area contributed by atoms with Crippen LogP contribution in [0.4, 0.5) is 17.6 Å². The molecule has 1 amide bonds. The minimum absolute atomic E-state index is 0.0980. The number of halogens is 5. The molecule has 1 fully saturated rings. The first-order valence-electron chi connectivity index (χ1n) is 9.41. The van der Waals surface area contributed by atoms with E-state index in [1.54, 1.807) is 16.8 Å². The van der Waals surface area contributed by atoms with Crippen LogP contribution >= 0.6 is 11.6 Å². The molecule has 168 valence electrons. The molecular weight excluding hydrogens is 442 g/mol. The summed E-state index contributed by atoms with van der Waals surface area (Å²) in [7, 11) is 0. The fraction of sp³-hybridized carbons (Fsp3) is 0.400. The molecule has 1 aliphatic carbocycles. The van der Waals surface area contributed by atoms with Crippen molar-refractivity contribution in [1.82, 2.24) is 14.9 Å². The first kappa shape index (κ1) is 23.2. The minimum atomic E-state index is -4.66. The Kier molecular flexibility index (Phi) is 7.34. The molecule has 1 aromatic heterocycles. The van der Waals surface area contributed by atoms with Crippen molar-refractivity contribution in [3.05, 3.63) is 48.1 Å². The Morgan fingerprint density at radius 3 is 2.74 bits per heavy atom. The van der Waals surface area contributed by atoms with Gasteiger partial charge in [-0.3, -0.25) is 9.53 Å². The van der Waals surface area contributed by atoms with Crippen molar-refractivity contribution in [3.8, 4) is 11.3 Å². The molecule has 1 saturated carbocycles. The van der Waals surface area contributed by atoms with Crippen LogP contribution in [0.2, 0.25) is 5.02 Å². The summed E-state index contributed by atoms with van der Waals surface area (Å²) in [5.74, 6) is -0.874. The molecule has 0 bridgehead atoms. The number of carbonyl (C=O) groups is 1. The Balaban J connectivity index is 1.36. The largest absolute Gasteiger partial charge is 0.522 e. The number of alkyl halides is 3. The molecule has 31 heavy (non-hydrogen) atoms. The van der Waals surface area contributed by atoms with Gasteiger partial charge in [0, 0.05) is 48.3 Å². The molecule has 6 nitrogen and oxygen atoms in total. The van der Waals surface area contributed by atoms with Crippen molar-refractivity contribution in [2.75, 3.05) is 13.2 Å². The molecule has 1 heterocycles. The van der Waals surface area contributed by atoms with Crippen molar-refractivity contribution in [3.63, 3.8) is 0 Å². The fourth-order valence-corrected chi connectivity index (χ4v) is 3.15. The molecule has 11 heteroatoms. The van der Waals surface area contributed by atoms with Crippen LogP contribution in [0.5, 0.6) is 0 Å². The normalized spacial score (nSPS) is 18.5. The van der Waals surface area contributed by atoms with Gasteiger partial charge in [-0.05, 0) is 18.2 Å². The van der Waals surface area contributed by atoms with E-state index < -0.39 is 24.4 Å². The summed E-state index contributed by atoms with van der Waals surface area (Å²) in [5.41, 5.74) is 1.35. The molecule has 1 N–H and O–H groups in total. The molecule has 3 rings (SSSR count). The Labute approximate surface area is 180 Å². The zero-order chi connectivity index (χ0) is 22.6. The first-order valence-corrected chi connectivity index (χ1v) is 9.79. The number of nitrogens with zero attached hydrogens (tertiary/aromatic N) is 2. The molecule has 0 aliphatic heterocycles. The maximum Gasteiger partial charge on any atom is 0.522 e. The summed E-state index contributed by atoms with van der Waals surface area (Å²) < 4.78 is 60.9. The van der Waals surface area contributed by atoms with Gasteiger partial charge in [-0.1, -0.05) is 18.2 Å². The quantitative estimate of drug-likeness (QED) is 0.562. The fourth-order valence-electron chi connectivity index (χ4n) is 2.99. The third-order valence-corrected chi connectivity index (χ3v) is 4.93. The van der Waals surface area contributed by atoms with E-state index in [9.17, 15) is 22.4 Å². The van der Waals surface area contributed by atoms with Gasteiger partial charge in [-0.15, -0.1) is 13.2 Å². The van der Waals surface area contributed by atoms with Gasteiger partial charge in [-0.2, -0.15) is 0 Å². The zero-order valence-corrected chi connectivity index (χ0v) is 17.0. The number of benzene rings is 1. The molecule has 0 unspecified atom stereocenters. The van der Waals surface area contributed by atoms with E-state index in [2.05, 4.69) is 21.6 Å². The van der Waals surface area contributed by atoms with Crippen molar-refractivity contribution in [2.45, 2.75) is 37.8 Å². The van der Waals surface area contributed by atoms with Gasteiger partial charge in [0.1, 0.15) is 12.4 Å². The second kappa shape index (κ2) is 9.80. The van der Waals surface area contributed by atoms with Crippen molar-refractivity contribution >= 4 is 23.2 Å². The minimum Gasteiger partial charge on any atom is -0.368 e. The second-order valence-corrected chi connectivity index (χ2v) is 7.48. The highest BCUT2D eigenvalue weighted by molar-refractivity contribution is 6.30. The van der Waals surface area contributed by atoms with Gasteiger partial charge >= 0.3 is 6.36 Å². The number of carbonyl (C=O) groups excluding carboxylic acids is 1. The lowest BCUT2D eigenvalue weighted by Crippen LogP contribution is -2.42. The number of hydrogen-bond donors (Lipinski definition) is 1. The van der Waals surface area contributed by atoms with Crippen LogP contribution in [-0.2, 0) is 14.3 Å². The molecular formula is C20H20ClF4N3O3. The first-order chi connectivity index (χ1) is 14.6. The number of nitrogens with one attached hydrogen (secondary N) is 1. The van der Waals surface area contributed by atoms with Gasteiger partial charge in [0.15, 0.2) is 0 Å². The van der Waals surface area contributed by atoms with Crippen LogP contribution in [0.3, 0.4) is 0 Å². The van der Waals surface area contributed by atoms with E-state index in [4.69, 9.17) is 16.3 Å². The topological polar surface area (TPSA) is 65.4 Å². The number of aromatic nitrogens is 2. The number of imidazole rings is 1. The lowest BCUT2D eigenvalue weighted by Gasteiger charge is -2.34. The van der Waals surface area contributed by atoms with Crippen LogP contribution in [0.15, 0.2) is 37.3 Å². The van der Waals surface area contributed by atoms with Gasteiger partial charge in [0.25, 0.3) is 0 Å². The molecule has 0 radical (unpaired) electrons. The van der Waals surface area contributed by atoms with Crippen LogP contribution < -0.4 is 5.32 Å². The predicted octanol–water partition coefficient (Wildman–Crippen LogP) is 4.40. The van der Waals surface area contributed by atoms with Crippen LogP contribution in [-0.4, -0.2) is 47.2 Å². The average molecular weight is 462 g/mol. The number of rotatable bonds is 9. The van der Waals surface area contributed by atoms with Crippen LogP contribution in [0.25, 0.3) is 17.0 Å². The summed E-state index contributed by atoms with van der Waals surface area (Å²) in [4.78, 5) is 16.0. The number of ether oxygens (including phenoxy) is 2. The lowest BCUT2D eigenvalue weighted by molar-refractivity contribution is -0.357. The summed E-state index contributed by atoms with van der Waals surface area (Å²) >= 11 is 5.75. The number of amides is 1. The third-order valence-electron chi connectivity index (χ3n) is 4.69. The zero-order valence-electron chi connectivity index (χ0n) is 16.3. The molecule has 1 aromatic carbocycles. The molecule has 1 aliphatic rings. The second-order valence-electron chi connectivity index (χ2n) is 7.05. The molecule has 0 atom stereocenters. The molecule has 0 saturated heterocycles. The SMILES string of the molecule is C=C(CCNC(=O)CO[C@H]1C[C@@H](OC(F)(F)F)C1)n1cnc(-c2ccc(Cl)cc2F)c1. The summed E-state index contributed by atoms with van der Waals surface area (Å²) in [6.07, 6.45) is -2.29. The predicted molar refractivity (Wildman–Crippen MR) is 105 cm³/mol. The monoisotopic (exact) mass is 461 g/mol. The van der Waals surface area contributed by atoms with E-state index >= 15 is 0 Å². The van der Waals surface area contributed by atoms with Crippen molar-refractivity contribution < 1.29 is 31.8 Å². The summed E-state index contributed by atoms with van der Waals surface area (Å²) in [5, 5.41) is 2.93. The van der Waals surface area contributed by atoms with Gasteiger partial charge in [0.2, 0.25) is 5.91 Å². The highest BCUT2D eigenvalue weighted by Crippen LogP contribution is 2.32. The van der Waals surface area contributed by atoms with Crippen molar-refractivity contribution in [2.24, 2.45) is 0 Å². The highest BCUT2D eigenvalue weighted by atomic mass is 35.5. The maximum atomic E-state index is 14.0. The highest BCUT2D eigenvalue weighted by Gasteiger charge is 2.40. The summed E-state index contributed by atoms with van der Waals surface area (Å²) in [6.45, 7) is 3.94. The standard InChI is InChI=1S/C20H20ClF4N3O3/c1-12(28-9-18(27-11-28)16-3-2-13(21)6-17(16)22)4-5-26-19(29)10-30-14-7-15(8-14)31-20(23,24)25/h2-3,6,9,11,14-15H,1,4-5,7-8,10H2,(H,26,29)/t14-,15+. The van der Waals surface area contributed by atoms with E-state index in [0.717, 1.165) is 0 Å². The Morgan fingerprint density at radius 2 is 2.06 bits per heavy atom. The van der Waals surface area contributed by atoms with Gasteiger partial charge < -0.3 is 14.6 Å². The van der Waals surface area contributed by atoms with E-state index in [0.29, 0.717) is 23.4 Å². The average Bonchev–Trinajstić information content (AvgIpc) is 3.12. The van der Waals surface area contributed by atoms with Crippen molar-refractivity contribution in [1.29, 1.82) is 0 Å². The number of hydrogen-bond acceptors (Lipinski definition) is 4.